The Balaban J connectivity index is 3.44. The molecule has 0 aromatic carbocycles. The topological polar surface area (TPSA) is 91.0 Å². The summed E-state index contributed by atoms with van der Waals surface area (Å²) in [6.45, 7) is 1.36. The summed E-state index contributed by atoms with van der Waals surface area (Å²) in [6.07, 6.45) is 2.66. The molecule has 0 spiro atoms. The summed E-state index contributed by atoms with van der Waals surface area (Å²) in [6, 6.07) is 0. The second kappa shape index (κ2) is 4.58. The monoisotopic (exact) mass is 243 g/mol. The number of allylic oxidation sites excluding steroid dienone is 2. The predicted molar refractivity (Wildman–Crippen MR) is 59.7 cm³/mol. The molecule has 6 nitrogen and oxygen atoms in total. The van der Waals surface area contributed by atoms with Crippen molar-refractivity contribution in [2.24, 2.45) is 5.73 Å². The largest absolute Gasteiger partial charge is 0.397 e. The Morgan fingerprint density at radius 2 is 1.82 bits per heavy atom. The lowest BCUT2D eigenvalue weighted by Crippen LogP contribution is -2.61. The quantitative estimate of drug-likeness (QED) is 0.658. The van der Waals surface area contributed by atoms with Crippen LogP contribution in [0, 0.1) is 0 Å². The highest BCUT2D eigenvalue weighted by Crippen LogP contribution is 2.38. The third kappa shape index (κ3) is 1.79. The number of aliphatic hydroxyl groups is 1. The Morgan fingerprint density at radius 1 is 1.29 bits per heavy atom. The van der Waals surface area contributed by atoms with Gasteiger partial charge in [0.15, 0.2) is 5.78 Å². The Hall–Kier alpha value is -1.21. The van der Waals surface area contributed by atoms with Crippen LogP contribution in [0.15, 0.2) is 23.4 Å². The molecule has 0 bridgehead atoms. The van der Waals surface area contributed by atoms with Crippen LogP contribution in [-0.2, 0) is 19.0 Å². The van der Waals surface area contributed by atoms with Crippen LogP contribution in [0.2, 0.25) is 0 Å². The molecule has 0 aromatic heterocycles. The molecule has 1 rings (SSSR count). The number of carbonyl (C=O) groups excluding carboxylic acids is 1. The van der Waals surface area contributed by atoms with Crippen molar-refractivity contribution >= 4 is 5.78 Å². The van der Waals surface area contributed by atoms with Crippen molar-refractivity contribution in [1.82, 2.24) is 0 Å². The zero-order valence-electron chi connectivity index (χ0n) is 10.3. The first kappa shape index (κ1) is 13.9. The molecule has 0 saturated heterocycles. The molecule has 0 radical (unpaired) electrons. The molecule has 0 aliphatic heterocycles. The van der Waals surface area contributed by atoms with Crippen LogP contribution in [0.1, 0.15) is 6.92 Å². The maximum absolute atomic E-state index is 11.4. The molecule has 1 aliphatic rings. The molecule has 17 heavy (non-hydrogen) atoms. The van der Waals surface area contributed by atoms with Crippen LogP contribution in [-0.4, -0.2) is 43.8 Å². The molecule has 6 heteroatoms. The third-order valence-electron chi connectivity index (χ3n) is 2.86. The number of hydrogen-bond acceptors (Lipinski definition) is 6. The fourth-order valence-corrected chi connectivity index (χ4v) is 1.87. The Labute approximate surface area is 99.6 Å². The smallest absolute Gasteiger partial charge is 0.270 e. The fourth-order valence-electron chi connectivity index (χ4n) is 1.87. The maximum atomic E-state index is 11.4. The minimum atomic E-state index is -1.89. The zero-order chi connectivity index (χ0) is 13.3. The number of rotatable bonds is 4. The van der Waals surface area contributed by atoms with Crippen LogP contribution in [0.3, 0.4) is 0 Å². The second-order valence-corrected chi connectivity index (χ2v) is 3.64. The summed E-state index contributed by atoms with van der Waals surface area (Å²) in [5.74, 6) is -3.88. The van der Waals surface area contributed by atoms with Crippen molar-refractivity contribution in [1.29, 1.82) is 0 Å². The molecule has 1 unspecified atom stereocenters. The van der Waals surface area contributed by atoms with Gasteiger partial charge in [0.05, 0.1) is 5.70 Å². The van der Waals surface area contributed by atoms with Crippen molar-refractivity contribution in [3.63, 3.8) is 0 Å². The summed E-state index contributed by atoms with van der Waals surface area (Å²) < 4.78 is 15.3. The van der Waals surface area contributed by atoms with Gasteiger partial charge in [0.25, 0.3) is 5.79 Å². The van der Waals surface area contributed by atoms with Gasteiger partial charge >= 0.3 is 0 Å². The second-order valence-electron chi connectivity index (χ2n) is 3.64. The Bertz CT molecular complexity index is 383. The number of methoxy groups -OCH3 is 3. The van der Waals surface area contributed by atoms with Crippen LogP contribution in [0.5, 0.6) is 0 Å². The van der Waals surface area contributed by atoms with Crippen molar-refractivity contribution in [3.05, 3.63) is 23.4 Å². The minimum absolute atomic E-state index is 0.0261. The zero-order valence-corrected chi connectivity index (χ0v) is 10.3. The molecule has 0 saturated carbocycles. The Morgan fingerprint density at radius 3 is 2.18 bits per heavy atom. The number of hydrogen-bond donors (Lipinski definition) is 2. The minimum Gasteiger partial charge on any atom is -0.397 e. The van der Waals surface area contributed by atoms with E-state index < -0.39 is 11.6 Å². The van der Waals surface area contributed by atoms with Crippen LogP contribution in [0.4, 0.5) is 0 Å². The van der Waals surface area contributed by atoms with Gasteiger partial charge in [-0.15, -0.1) is 0 Å². The number of nitrogens with two attached hydrogens (primary N) is 1. The van der Waals surface area contributed by atoms with E-state index in [0.29, 0.717) is 0 Å². The van der Waals surface area contributed by atoms with Gasteiger partial charge in [0, 0.05) is 26.9 Å². The first-order valence-electron chi connectivity index (χ1n) is 4.96. The van der Waals surface area contributed by atoms with E-state index in [1.165, 1.54) is 40.4 Å². The summed E-state index contributed by atoms with van der Waals surface area (Å²) in [7, 11) is 3.89. The first-order chi connectivity index (χ1) is 7.88. The summed E-state index contributed by atoms with van der Waals surface area (Å²) in [5, 5.41) is 10.3. The molecule has 0 heterocycles. The normalized spacial score (nSPS) is 27.4. The number of ketones is 1. The van der Waals surface area contributed by atoms with Crippen molar-refractivity contribution in [2.75, 3.05) is 21.3 Å². The SMILES string of the molecule is COC1(O)C=CC(C(C)=O)=C(N)C1(OC)OC. The molecule has 0 amide bonds. The van der Waals surface area contributed by atoms with E-state index in [9.17, 15) is 9.90 Å². The van der Waals surface area contributed by atoms with Gasteiger partial charge in [-0.3, -0.25) is 4.79 Å². The average molecular weight is 243 g/mol. The van der Waals surface area contributed by atoms with Crippen molar-refractivity contribution in [3.8, 4) is 0 Å². The van der Waals surface area contributed by atoms with Crippen LogP contribution < -0.4 is 5.73 Å². The molecule has 96 valence electrons. The highest BCUT2D eigenvalue weighted by Gasteiger charge is 2.56. The standard InChI is InChI=1S/C11H17NO5/c1-7(13)8-5-6-10(14,15-2)11(16-3,17-4)9(8)12/h5-6,14H,12H2,1-4H3. The number of carbonyl (C=O) groups is 1. The van der Waals surface area contributed by atoms with E-state index in [1.807, 2.05) is 0 Å². The molecule has 1 atom stereocenters. The van der Waals surface area contributed by atoms with Crippen molar-refractivity contribution in [2.45, 2.75) is 18.5 Å². The van der Waals surface area contributed by atoms with Gasteiger partial charge in [-0.1, -0.05) is 0 Å². The highest BCUT2D eigenvalue weighted by atomic mass is 16.8. The van der Waals surface area contributed by atoms with Gasteiger partial charge in [-0.2, -0.15) is 0 Å². The van der Waals surface area contributed by atoms with E-state index in [4.69, 9.17) is 19.9 Å². The fraction of sp³-hybridized carbons (Fsp3) is 0.545. The molecule has 0 aromatic rings. The molecule has 0 fully saturated rings. The number of Topliss-reactive ketones (excluding diaryl/α,β-unsaturated/α-hetero) is 1. The van der Waals surface area contributed by atoms with E-state index in [2.05, 4.69) is 0 Å². The van der Waals surface area contributed by atoms with E-state index in [1.54, 1.807) is 0 Å². The van der Waals surface area contributed by atoms with Gasteiger partial charge in [-0.05, 0) is 19.1 Å². The van der Waals surface area contributed by atoms with Crippen molar-refractivity contribution < 1.29 is 24.1 Å². The molecule has 3 N–H and O–H groups in total. The van der Waals surface area contributed by atoms with E-state index >= 15 is 0 Å². The molecular formula is C11H17NO5. The maximum Gasteiger partial charge on any atom is 0.270 e. The summed E-state index contributed by atoms with van der Waals surface area (Å²) in [5.41, 5.74) is 6.04. The molecular weight excluding hydrogens is 226 g/mol. The van der Waals surface area contributed by atoms with E-state index in [-0.39, 0.29) is 17.1 Å². The average Bonchev–Trinajstić information content (AvgIpc) is 2.30. The van der Waals surface area contributed by atoms with Crippen LogP contribution in [0.25, 0.3) is 0 Å². The lowest BCUT2D eigenvalue weighted by molar-refractivity contribution is -0.342. The lowest BCUT2D eigenvalue weighted by Gasteiger charge is -2.44. The van der Waals surface area contributed by atoms with Gasteiger partial charge in [0.2, 0.25) is 5.79 Å². The van der Waals surface area contributed by atoms with Gasteiger partial charge in [-0.25, -0.2) is 0 Å². The van der Waals surface area contributed by atoms with Crippen LogP contribution >= 0.6 is 0 Å². The summed E-state index contributed by atoms with van der Waals surface area (Å²) >= 11 is 0. The predicted octanol–water partition coefficient (Wildman–Crippen LogP) is -0.318. The molecule has 1 aliphatic carbocycles. The van der Waals surface area contributed by atoms with Gasteiger partial charge in [0.1, 0.15) is 0 Å². The first-order valence-corrected chi connectivity index (χ1v) is 4.96. The summed E-state index contributed by atoms with van der Waals surface area (Å²) in [4.78, 5) is 11.4. The Kier molecular flexibility index (Phi) is 3.73. The lowest BCUT2D eigenvalue weighted by atomic mass is 9.90. The van der Waals surface area contributed by atoms with Gasteiger partial charge < -0.3 is 25.1 Å². The third-order valence-corrected chi connectivity index (χ3v) is 2.86. The number of ether oxygens (including phenoxy) is 3. The van der Waals surface area contributed by atoms with E-state index in [0.717, 1.165) is 0 Å². The highest BCUT2D eigenvalue weighted by molar-refractivity contribution is 5.97.